The summed E-state index contributed by atoms with van der Waals surface area (Å²) >= 11 is 0. The number of aromatic carboxylic acids is 1. The fourth-order valence-corrected chi connectivity index (χ4v) is 4.29. The van der Waals surface area contributed by atoms with Crippen molar-refractivity contribution >= 4 is 34.6 Å². The first-order chi connectivity index (χ1) is 16.0. The van der Waals surface area contributed by atoms with Gasteiger partial charge in [0.05, 0.1) is 28.2 Å². The molecule has 1 aromatic carbocycles. The highest BCUT2D eigenvalue weighted by atomic mass is 16.4. The van der Waals surface area contributed by atoms with E-state index in [-0.39, 0.29) is 23.1 Å². The van der Waals surface area contributed by atoms with Crippen LogP contribution in [0.1, 0.15) is 42.5 Å². The van der Waals surface area contributed by atoms with E-state index < -0.39 is 17.4 Å². The smallest absolute Gasteiger partial charge is 0.356 e. The van der Waals surface area contributed by atoms with E-state index in [1.807, 2.05) is 32.9 Å². The molecule has 0 atom stereocenters. The van der Waals surface area contributed by atoms with Crippen molar-refractivity contribution in [1.82, 2.24) is 29.5 Å². The molecule has 12 heteroatoms. The number of benzene rings is 1. The van der Waals surface area contributed by atoms with Crippen molar-refractivity contribution in [3.8, 4) is 17.3 Å². The molecule has 0 spiro atoms. The summed E-state index contributed by atoms with van der Waals surface area (Å²) in [5.41, 5.74) is 8.28. The van der Waals surface area contributed by atoms with Crippen molar-refractivity contribution in [1.29, 1.82) is 0 Å². The Labute approximate surface area is 193 Å². The molecule has 0 saturated heterocycles. The minimum absolute atomic E-state index is 0.0337. The number of nitrogens with one attached hydrogen (secondary N) is 1. The Kier molecular flexibility index (Phi) is 4.40. The number of fused-ring (bicyclic) bond motifs is 2. The van der Waals surface area contributed by atoms with Gasteiger partial charge in [-0.1, -0.05) is 0 Å². The number of likely N-dealkylation sites (N-methyl/N-ethyl adjacent to an activating group) is 1. The monoisotopic (exact) mass is 461 g/mol. The molecule has 3 aromatic heterocycles. The number of aromatic nitrogens is 6. The van der Waals surface area contributed by atoms with E-state index in [9.17, 15) is 19.5 Å². The van der Waals surface area contributed by atoms with Crippen LogP contribution in [-0.2, 0) is 10.2 Å². The second kappa shape index (κ2) is 7.01. The summed E-state index contributed by atoms with van der Waals surface area (Å²) < 4.78 is 2.11. The lowest BCUT2D eigenvalue weighted by Crippen LogP contribution is -2.35. The van der Waals surface area contributed by atoms with Crippen molar-refractivity contribution in [3.05, 3.63) is 41.2 Å². The van der Waals surface area contributed by atoms with Crippen molar-refractivity contribution < 1.29 is 19.5 Å². The second-order valence-electron chi connectivity index (χ2n) is 8.58. The van der Waals surface area contributed by atoms with Crippen LogP contribution in [-0.4, -0.2) is 59.1 Å². The highest BCUT2D eigenvalue weighted by Crippen LogP contribution is 2.43. The zero-order valence-electron chi connectivity index (χ0n) is 18.9. The molecule has 12 nitrogen and oxygen atoms in total. The van der Waals surface area contributed by atoms with Gasteiger partial charge in [-0.25, -0.2) is 19.3 Å². The summed E-state index contributed by atoms with van der Waals surface area (Å²) in [6, 6.07) is 7.17. The number of anilines is 1. The predicted octanol–water partition coefficient (Wildman–Crippen LogP) is 1.99. The van der Waals surface area contributed by atoms with Gasteiger partial charge in [-0.2, -0.15) is 14.9 Å². The summed E-state index contributed by atoms with van der Waals surface area (Å²) in [6.45, 7) is 7.87. The van der Waals surface area contributed by atoms with Crippen LogP contribution >= 0.6 is 0 Å². The molecule has 34 heavy (non-hydrogen) atoms. The molecule has 1 radical (unpaired) electrons. The molecule has 4 N–H and O–H groups in total. The fourth-order valence-electron chi connectivity index (χ4n) is 4.29. The van der Waals surface area contributed by atoms with E-state index in [0.29, 0.717) is 29.1 Å². The van der Waals surface area contributed by atoms with Gasteiger partial charge in [0.2, 0.25) is 5.91 Å². The van der Waals surface area contributed by atoms with Crippen molar-refractivity contribution in [2.24, 2.45) is 5.73 Å². The topological polar surface area (TPSA) is 165 Å². The highest BCUT2D eigenvalue weighted by Gasteiger charge is 2.43. The first-order valence-corrected chi connectivity index (χ1v) is 10.5. The Balaban J connectivity index is 1.64. The number of hydrogen-bond donors (Lipinski definition) is 3. The minimum atomic E-state index is -1.21. The van der Waals surface area contributed by atoms with Gasteiger partial charge in [0.1, 0.15) is 5.69 Å². The van der Waals surface area contributed by atoms with Gasteiger partial charge in [-0.15, -0.1) is 0 Å². The molecule has 1 aliphatic rings. The molecule has 0 fully saturated rings. The van der Waals surface area contributed by atoms with Crippen LogP contribution in [0.15, 0.2) is 18.2 Å². The van der Waals surface area contributed by atoms with E-state index in [1.54, 1.807) is 11.8 Å². The third-order valence-corrected chi connectivity index (χ3v) is 6.03. The Morgan fingerprint density at radius 2 is 1.97 bits per heavy atom. The van der Waals surface area contributed by atoms with Crippen molar-refractivity contribution in [2.75, 3.05) is 11.4 Å². The maximum Gasteiger partial charge on any atom is 0.356 e. The normalized spacial score (nSPS) is 14.7. The van der Waals surface area contributed by atoms with Crippen LogP contribution in [0.2, 0.25) is 0 Å². The van der Waals surface area contributed by atoms with E-state index in [2.05, 4.69) is 26.2 Å². The van der Waals surface area contributed by atoms with Crippen LogP contribution in [0.4, 0.5) is 10.5 Å². The predicted molar refractivity (Wildman–Crippen MR) is 121 cm³/mol. The van der Waals surface area contributed by atoms with Crippen LogP contribution in [0.3, 0.4) is 0 Å². The van der Waals surface area contributed by atoms with Crippen molar-refractivity contribution in [3.63, 3.8) is 0 Å². The number of aromatic amines is 1. The number of carbonyl (C=O) groups excluding carboxylic acids is 2. The zero-order valence-corrected chi connectivity index (χ0v) is 18.9. The average Bonchev–Trinajstić information content (AvgIpc) is 3.51. The van der Waals surface area contributed by atoms with Crippen LogP contribution in [0, 0.1) is 13.0 Å². The van der Waals surface area contributed by atoms with Crippen LogP contribution in [0.5, 0.6) is 0 Å². The maximum absolute atomic E-state index is 12.8. The molecule has 0 bridgehead atoms. The van der Waals surface area contributed by atoms with Crippen LogP contribution in [0.25, 0.3) is 28.4 Å². The molecule has 4 heterocycles. The van der Waals surface area contributed by atoms with Gasteiger partial charge in [0.15, 0.2) is 17.3 Å². The third kappa shape index (κ3) is 2.91. The number of primary amides is 1. The van der Waals surface area contributed by atoms with E-state index in [0.717, 1.165) is 15.9 Å². The number of nitrogens with two attached hydrogens (primary N) is 1. The van der Waals surface area contributed by atoms with Gasteiger partial charge in [0.25, 0.3) is 0 Å². The van der Waals surface area contributed by atoms with Gasteiger partial charge in [-0.05, 0) is 51.5 Å². The largest absolute Gasteiger partial charge is 0.476 e. The van der Waals surface area contributed by atoms with Crippen LogP contribution < -0.4 is 10.6 Å². The Morgan fingerprint density at radius 3 is 2.59 bits per heavy atom. The van der Waals surface area contributed by atoms with Crippen molar-refractivity contribution in [2.45, 2.75) is 33.1 Å². The van der Waals surface area contributed by atoms with E-state index in [4.69, 9.17) is 5.73 Å². The number of carbonyl (C=O) groups is 3. The molecule has 0 saturated carbocycles. The Morgan fingerprint density at radius 1 is 1.24 bits per heavy atom. The molecule has 4 aromatic rings. The SMILES string of the molecule is CCN1C(=O)C(C)(C)c2cc3[nH]c(-c4[c]c(-n5nc(C(=O)O)cc5C)n(C(N)=O)n4)nc3cc21. The number of H-pyrrole nitrogens is 1. The third-order valence-electron chi connectivity index (χ3n) is 6.03. The standard InChI is InChI=1S/C22H21N8O4/c1-5-28-16-8-13-12(7-11(16)22(3,4)20(28)33)24-18(25-13)14-9-17(30(26-14)21(23)34)29-10(2)6-15(27-29)19(31)32/h6-8H,5H2,1-4H3,(H2,23,34)(H,24,25)(H,31,32). The summed E-state index contributed by atoms with van der Waals surface area (Å²) in [5, 5.41) is 17.5. The van der Waals surface area contributed by atoms with Gasteiger partial charge >= 0.3 is 12.0 Å². The average molecular weight is 461 g/mol. The molecule has 0 unspecified atom stereocenters. The number of carboxylic acids is 1. The molecular weight excluding hydrogens is 440 g/mol. The van der Waals surface area contributed by atoms with Gasteiger partial charge in [-0.3, -0.25) is 4.79 Å². The van der Waals surface area contributed by atoms with E-state index in [1.165, 1.54) is 10.7 Å². The van der Waals surface area contributed by atoms with Gasteiger partial charge in [0, 0.05) is 12.2 Å². The minimum Gasteiger partial charge on any atom is -0.476 e. The summed E-state index contributed by atoms with van der Waals surface area (Å²) in [7, 11) is 0. The lowest BCUT2D eigenvalue weighted by molar-refractivity contribution is -0.122. The second-order valence-corrected chi connectivity index (χ2v) is 8.58. The quantitative estimate of drug-likeness (QED) is 0.418. The molecular formula is C22H21N8O4. The van der Waals surface area contributed by atoms with Gasteiger partial charge < -0.3 is 20.7 Å². The maximum atomic E-state index is 12.8. The lowest BCUT2D eigenvalue weighted by atomic mass is 9.86. The number of nitrogens with zero attached hydrogens (tertiary/aromatic N) is 6. The Bertz CT molecular complexity index is 1520. The summed E-state index contributed by atoms with van der Waals surface area (Å²) in [6.07, 6.45) is 0. The molecule has 0 aliphatic carbocycles. The number of hydrogen-bond acceptors (Lipinski definition) is 6. The first-order valence-electron chi connectivity index (χ1n) is 10.5. The number of imidazole rings is 1. The lowest BCUT2D eigenvalue weighted by Gasteiger charge is -2.18. The fraction of sp³-hybridized carbons (Fsp3) is 0.273. The Hall–Kier alpha value is -4.48. The number of aryl methyl sites for hydroxylation is 1. The number of rotatable bonds is 4. The molecule has 2 amide bonds. The van der Waals surface area contributed by atoms with E-state index >= 15 is 0 Å². The highest BCUT2D eigenvalue weighted by molar-refractivity contribution is 6.09. The summed E-state index contributed by atoms with van der Waals surface area (Å²) in [4.78, 5) is 45.6. The number of amides is 2. The number of carboxylic acid groups (broad SMARTS) is 1. The molecule has 5 rings (SSSR count). The zero-order chi connectivity index (χ0) is 24.5. The first kappa shape index (κ1) is 21.4. The summed E-state index contributed by atoms with van der Waals surface area (Å²) in [5.74, 6) is -0.791. The molecule has 173 valence electrons. The molecule has 1 aliphatic heterocycles.